The van der Waals surface area contributed by atoms with Gasteiger partial charge >= 0.3 is 5.97 Å². The van der Waals surface area contributed by atoms with Crippen LogP contribution in [0.2, 0.25) is 5.02 Å². The maximum absolute atomic E-state index is 12.1. The lowest BCUT2D eigenvalue weighted by atomic mass is 10.1. The van der Waals surface area contributed by atoms with E-state index >= 15 is 0 Å². The van der Waals surface area contributed by atoms with E-state index in [2.05, 4.69) is 5.32 Å². The number of nitrogens with zero attached hydrogens (tertiary/aromatic N) is 2. The highest BCUT2D eigenvalue weighted by molar-refractivity contribution is 6.32. The minimum atomic E-state index is -1.06. The number of halogens is 1. The Morgan fingerprint density at radius 2 is 1.92 bits per heavy atom. The monoisotopic (exact) mass is 353 g/mol. The van der Waals surface area contributed by atoms with Crippen molar-refractivity contribution in [2.45, 2.75) is 13.0 Å². The van der Waals surface area contributed by atoms with Crippen molar-refractivity contribution >= 4 is 29.2 Å². The summed E-state index contributed by atoms with van der Waals surface area (Å²) in [4.78, 5) is 24.2. The fraction of sp³-hybridized carbons (Fsp3) is 0.111. The zero-order valence-electron chi connectivity index (χ0n) is 13.1. The molecule has 0 aliphatic carbocycles. The van der Waals surface area contributed by atoms with E-state index in [1.807, 2.05) is 12.1 Å². The van der Waals surface area contributed by atoms with Gasteiger partial charge in [0.1, 0.15) is 6.07 Å². The highest BCUT2D eigenvalue weighted by Crippen LogP contribution is 2.20. The molecule has 1 N–H and O–H groups in total. The fourth-order valence-electron chi connectivity index (χ4n) is 1.93. The van der Waals surface area contributed by atoms with Crippen molar-refractivity contribution in [1.82, 2.24) is 0 Å². The van der Waals surface area contributed by atoms with Crippen LogP contribution in [-0.2, 0) is 9.53 Å². The Morgan fingerprint density at radius 1 is 1.16 bits per heavy atom. The van der Waals surface area contributed by atoms with Crippen molar-refractivity contribution in [3.8, 4) is 12.1 Å². The summed E-state index contributed by atoms with van der Waals surface area (Å²) in [5.74, 6) is -1.26. The summed E-state index contributed by atoms with van der Waals surface area (Å²) in [5, 5.41) is 20.4. The number of esters is 1. The van der Waals surface area contributed by atoms with Gasteiger partial charge in [-0.25, -0.2) is 4.79 Å². The highest BCUT2D eigenvalue weighted by Gasteiger charge is 2.19. The molecule has 0 bridgehead atoms. The number of anilines is 1. The maximum atomic E-state index is 12.1. The Labute approximate surface area is 149 Å². The van der Waals surface area contributed by atoms with Gasteiger partial charge in [-0.05, 0) is 43.3 Å². The minimum Gasteiger partial charge on any atom is -0.449 e. The van der Waals surface area contributed by atoms with E-state index in [1.165, 1.54) is 37.3 Å². The summed E-state index contributed by atoms with van der Waals surface area (Å²) in [6.45, 7) is 1.42. The summed E-state index contributed by atoms with van der Waals surface area (Å²) in [7, 11) is 0. The lowest BCUT2D eigenvalue weighted by Crippen LogP contribution is -2.30. The third-order valence-corrected chi connectivity index (χ3v) is 3.55. The van der Waals surface area contributed by atoms with Crippen LogP contribution in [0.5, 0.6) is 0 Å². The lowest BCUT2D eigenvalue weighted by Gasteiger charge is -2.14. The van der Waals surface area contributed by atoms with Gasteiger partial charge in [0, 0.05) is 5.69 Å². The summed E-state index contributed by atoms with van der Waals surface area (Å²) >= 11 is 5.90. The van der Waals surface area contributed by atoms with Crippen molar-refractivity contribution in [2.75, 3.05) is 5.32 Å². The Hall–Kier alpha value is -3.35. The van der Waals surface area contributed by atoms with E-state index in [0.717, 1.165) is 0 Å². The van der Waals surface area contributed by atoms with Crippen LogP contribution in [-0.4, -0.2) is 18.0 Å². The number of hydrogen-bond acceptors (Lipinski definition) is 5. The molecule has 2 aromatic carbocycles. The number of rotatable bonds is 4. The molecule has 124 valence electrons. The van der Waals surface area contributed by atoms with Crippen molar-refractivity contribution in [2.24, 2.45) is 0 Å². The van der Waals surface area contributed by atoms with Crippen LogP contribution in [0.15, 0.2) is 42.5 Å². The van der Waals surface area contributed by atoms with Crippen molar-refractivity contribution in [3.63, 3.8) is 0 Å². The number of amides is 1. The van der Waals surface area contributed by atoms with Crippen LogP contribution in [0.4, 0.5) is 5.69 Å². The smallest absolute Gasteiger partial charge is 0.338 e. The zero-order valence-corrected chi connectivity index (χ0v) is 13.9. The summed E-state index contributed by atoms with van der Waals surface area (Å²) in [5.41, 5.74) is 1.17. The third-order valence-electron chi connectivity index (χ3n) is 3.24. The van der Waals surface area contributed by atoms with Crippen LogP contribution in [0.3, 0.4) is 0 Å². The van der Waals surface area contributed by atoms with E-state index in [0.29, 0.717) is 11.3 Å². The standard InChI is InChI=1S/C18H12ClN3O3/c1-11(25-18(24)13-4-2-3-12(7-13)9-20)17(23)22-15-6-5-14(10-21)16(19)8-15/h2-8,11H,1H3,(H,22,23)/t11-/m0/s1. The van der Waals surface area contributed by atoms with Gasteiger partial charge in [0.15, 0.2) is 6.10 Å². The first-order valence-electron chi connectivity index (χ1n) is 7.16. The SMILES string of the molecule is C[C@H](OC(=O)c1cccc(C#N)c1)C(=O)Nc1ccc(C#N)c(Cl)c1. The first kappa shape index (κ1) is 18.0. The molecule has 1 atom stereocenters. The number of nitriles is 2. The molecular weight excluding hydrogens is 342 g/mol. The Kier molecular flexibility index (Phi) is 5.73. The van der Waals surface area contributed by atoms with Gasteiger partial charge in [0.25, 0.3) is 5.91 Å². The van der Waals surface area contributed by atoms with E-state index in [-0.39, 0.29) is 16.1 Å². The molecule has 0 saturated heterocycles. The Morgan fingerprint density at radius 3 is 2.56 bits per heavy atom. The Balaban J connectivity index is 2.02. The van der Waals surface area contributed by atoms with Crippen molar-refractivity contribution < 1.29 is 14.3 Å². The van der Waals surface area contributed by atoms with E-state index < -0.39 is 18.0 Å². The molecule has 0 aromatic heterocycles. The van der Waals surface area contributed by atoms with Crippen LogP contribution < -0.4 is 5.32 Å². The topological polar surface area (TPSA) is 103 Å². The average molecular weight is 354 g/mol. The predicted octanol–water partition coefficient (Wildman–Crippen LogP) is 3.27. The van der Waals surface area contributed by atoms with Gasteiger partial charge < -0.3 is 10.1 Å². The highest BCUT2D eigenvalue weighted by atomic mass is 35.5. The predicted molar refractivity (Wildman–Crippen MR) is 90.8 cm³/mol. The third kappa shape index (κ3) is 4.57. The van der Waals surface area contributed by atoms with E-state index in [1.54, 1.807) is 12.1 Å². The van der Waals surface area contributed by atoms with Crippen molar-refractivity contribution in [1.29, 1.82) is 10.5 Å². The molecule has 0 spiro atoms. The second-order valence-corrected chi connectivity index (χ2v) is 5.44. The van der Waals surface area contributed by atoms with Crippen LogP contribution in [0.1, 0.15) is 28.4 Å². The molecule has 7 heteroatoms. The van der Waals surface area contributed by atoms with Gasteiger partial charge in [-0.15, -0.1) is 0 Å². The lowest BCUT2D eigenvalue weighted by molar-refractivity contribution is -0.123. The second kappa shape index (κ2) is 7.96. The summed E-state index contributed by atoms with van der Waals surface area (Å²) in [6.07, 6.45) is -1.06. The van der Waals surface area contributed by atoms with Crippen LogP contribution in [0.25, 0.3) is 0 Å². The van der Waals surface area contributed by atoms with Crippen LogP contribution in [0, 0.1) is 22.7 Å². The van der Waals surface area contributed by atoms with Gasteiger partial charge in [-0.3, -0.25) is 4.79 Å². The number of hydrogen-bond donors (Lipinski definition) is 1. The molecule has 6 nitrogen and oxygen atoms in total. The average Bonchev–Trinajstić information content (AvgIpc) is 2.61. The summed E-state index contributed by atoms with van der Waals surface area (Å²) in [6, 6.07) is 14.3. The quantitative estimate of drug-likeness (QED) is 0.849. The fourth-order valence-corrected chi connectivity index (χ4v) is 2.15. The van der Waals surface area contributed by atoms with Gasteiger partial charge in [-0.1, -0.05) is 17.7 Å². The normalized spacial score (nSPS) is 10.9. The number of benzene rings is 2. The van der Waals surface area contributed by atoms with Gasteiger partial charge in [-0.2, -0.15) is 10.5 Å². The van der Waals surface area contributed by atoms with Gasteiger partial charge in [0.05, 0.1) is 27.8 Å². The zero-order chi connectivity index (χ0) is 18.4. The number of carbonyl (C=O) groups excluding carboxylic acids is 2. The Bertz CT molecular complexity index is 913. The molecule has 0 aliphatic rings. The molecule has 0 radical (unpaired) electrons. The molecule has 25 heavy (non-hydrogen) atoms. The van der Waals surface area contributed by atoms with E-state index in [9.17, 15) is 9.59 Å². The first-order chi connectivity index (χ1) is 11.9. The van der Waals surface area contributed by atoms with E-state index in [4.69, 9.17) is 26.9 Å². The molecule has 1 amide bonds. The molecular formula is C18H12ClN3O3. The number of nitrogens with one attached hydrogen (secondary N) is 1. The summed E-state index contributed by atoms with van der Waals surface area (Å²) < 4.78 is 5.10. The molecule has 0 unspecified atom stereocenters. The number of carbonyl (C=O) groups is 2. The molecule has 0 aliphatic heterocycles. The first-order valence-corrected chi connectivity index (χ1v) is 7.54. The minimum absolute atomic E-state index is 0.181. The molecule has 0 heterocycles. The number of ether oxygens (including phenoxy) is 1. The largest absolute Gasteiger partial charge is 0.449 e. The molecule has 0 saturated carbocycles. The van der Waals surface area contributed by atoms with Crippen molar-refractivity contribution in [3.05, 3.63) is 64.2 Å². The van der Waals surface area contributed by atoms with Gasteiger partial charge in [0.2, 0.25) is 0 Å². The molecule has 2 rings (SSSR count). The molecule has 0 fully saturated rings. The second-order valence-electron chi connectivity index (χ2n) is 5.04. The maximum Gasteiger partial charge on any atom is 0.338 e. The van der Waals surface area contributed by atoms with Crippen LogP contribution >= 0.6 is 11.6 Å². The molecule has 2 aromatic rings.